The largest absolute Gasteiger partial charge is 0.351 e. The molecule has 1 unspecified atom stereocenters. The highest BCUT2D eigenvalue weighted by molar-refractivity contribution is 7.07. The lowest BCUT2D eigenvalue weighted by atomic mass is 9.92. The van der Waals surface area contributed by atoms with Gasteiger partial charge in [-0.2, -0.15) is 5.10 Å². The third-order valence-electron chi connectivity index (χ3n) is 3.11. The summed E-state index contributed by atoms with van der Waals surface area (Å²) in [5, 5.41) is 10.8. The number of carbonyl (C=O) groups excluding carboxylic acids is 1. The van der Waals surface area contributed by atoms with Crippen LogP contribution < -0.4 is 5.32 Å². The molecule has 0 saturated heterocycles. The Labute approximate surface area is 116 Å². The van der Waals surface area contributed by atoms with E-state index in [0.717, 1.165) is 17.2 Å². The highest BCUT2D eigenvalue weighted by atomic mass is 32.1. The van der Waals surface area contributed by atoms with Crippen molar-refractivity contribution in [2.24, 2.45) is 13.0 Å². The molecule has 0 radical (unpaired) electrons. The first kappa shape index (κ1) is 13.7. The summed E-state index contributed by atoms with van der Waals surface area (Å²) in [6.45, 7) is 4.85. The number of hydrogen-bond donors (Lipinski definition) is 1. The fourth-order valence-corrected chi connectivity index (χ4v) is 2.42. The summed E-state index contributed by atoms with van der Waals surface area (Å²) < 4.78 is 5.54. The minimum Gasteiger partial charge on any atom is -0.351 e. The standard InChI is InChI=1S/C12H17N5OS/c1-8(2)9(10-4-5-15-17(10)3)6-13-12(18)11-7-14-16-19-11/h4-5,7-9H,6H2,1-3H3,(H,13,18). The van der Waals surface area contributed by atoms with Gasteiger partial charge in [0.05, 0.1) is 6.20 Å². The maximum absolute atomic E-state index is 11.9. The molecule has 0 spiro atoms. The predicted molar refractivity (Wildman–Crippen MR) is 73.0 cm³/mol. The summed E-state index contributed by atoms with van der Waals surface area (Å²) in [5.74, 6) is 0.524. The van der Waals surface area contributed by atoms with Crippen molar-refractivity contribution in [2.75, 3.05) is 6.54 Å². The fraction of sp³-hybridized carbons (Fsp3) is 0.500. The fourth-order valence-electron chi connectivity index (χ4n) is 1.99. The van der Waals surface area contributed by atoms with Gasteiger partial charge in [0.2, 0.25) is 0 Å². The van der Waals surface area contributed by atoms with E-state index >= 15 is 0 Å². The number of aromatic nitrogens is 4. The summed E-state index contributed by atoms with van der Waals surface area (Å²) in [6.07, 6.45) is 3.26. The molecule has 0 bridgehead atoms. The second kappa shape index (κ2) is 5.92. The molecule has 6 nitrogen and oxygen atoms in total. The molecule has 2 aromatic heterocycles. The maximum atomic E-state index is 11.9. The lowest BCUT2D eigenvalue weighted by molar-refractivity contribution is 0.0952. The van der Waals surface area contributed by atoms with Gasteiger partial charge in [0.25, 0.3) is 5.91 Å². The molecule has 0 aliphatic heterocycles. The van der Waals surface area contributed by atoms with Gasteiger partial charge in [0.15, 0.2) is 0 Å². The topological polar surface area (TPSA) is 72.7 Å². The first-order valence-corrected chi connectivity index (χ1v) is 6.90. The zero-order valence-corrected chi connectivity index (χ0v) is 12.0. The molecule has 0 aromatic carbocycles. The Morgan fingerprint density at radius 1 is 1.53 bits per heavy atom. The van der Waals surface area contributed by atoms with Gasteiger partial charge >= 0.3 is 0 Å². The molecule has 1 atom stereocenters. The van der Waals surface area contributed by atoms with Gasteiger partial charge in [0.1, 0.15) is 4.88 Å². The summed E-state index contributed by atoms with van der Waals surface area (Å²) in [5.41, 5.74) is 1.12. The first-order valence-electron chi connectivity index (χ1n) is 6.13. The van der Waals surface area contributed by atoms with Crippen molar-refractivity contribution >= 4 is 17.4 Å². The van der Waals surface area contributed by atoms with Crippen LogP contribution in [0.5, 0.6) is 0 Å². The molecular weight excluding hydrogens is 262 g/mol. The van der Waals surface area contributed by atoms with E-state index in [4.69, 9.17) is 0 Å². The zero-order valence-electron chi connectivity index (χ0n) is 11.2. The summed E-state index contributed by atoms with van der Waals surface area (Å²) in [7, 11) is 1.92. The monoisotopic (exact) mass is 279 g/mol. The van der Waals surface area contributed by atoms with E-state index in [1.165, 1.54) is 6.20 Å². The Morgan fingerprint density at radius 3 is 2.84 bits per heavy atom. The van der Waals surface area contributed by atoms with Crippen molar-refractivity contribution in [2.45, 2.75) is 19.8 Å². The third-order valence-corrected chi connectivity index (χ3v) is 3.77. The smallest absolute Gasteiger partial charge is 0.264 e. The predicted octanol–water partition coefficient (Wildman–Crippen LogP) is 1.44. The van der Waals surface area contributed by atoms with Crippen molar-refractivity contribution in [1.82, 2.24) is 24.7 Å². The second-order valence-electron chi connectivity index (χ2n) is 4.72. The van der Waals surface area contributed by atoms with Crippen molar-refractivity contribution in [3.05, 3.63) is 29.0 Å². The molecule has 1 amide bonds. The highest BCUT2D eigenvalue weighted by Gasteiger charge is 2.20. The molecule has 0 saturated carbocycles. The van der Waals surface area contributed by atoms with Crippen LogP contribution in [0, 0.1) is 5.92 Å². The van der Waals surface area contributed by atoms with E-state index in [0.29, 0.717) is 17.3 Å². The van der Waals surface area contributed by atoms with Crippen molar-refractivity contribution in [3.8, 4) is 0 Å². The van der Waals surface area contributed by atoms with Gasteiger partial charge in [-0.05, 0) is 23.5 Å². The van der Waals surface area contributed by atoms with Crippen LogP contribution in [-0.4, -0.2) is 31.8 Å². The van der Waals surface area contributed by atoms with E-state index < -0.39 is 0 Å². The van der Waals surface area contributed by atoms with Gasteiger partial charge in [0, 0.05) is 31.4 Å². The number of hydrogen-bond acceptors (Lipinski definition) is 5. The molecule has 2 aromatic rings. The van der Waals surface area contributed by atoms with Crippen molar-refractivity contribution < 1.29 is 4.79 Å². The number of aryl methyl sites for hydroxylation is 1. The van der Waals surface area contributed by atoms with E-state index in [9.17, 15) is 4.79 Å². The molecule has 7 heteroatoms. The quantitative estimate of drug-likeness (QED) is 0.899. The van der Waals surface area contributed by atoms with Crippen LogP contribution in [0.4, 0.5) is 0 Å². The molecule has 2 rings (SSSR count). The van der Waals surface area contributed by atoms with Crippen LogP contribution in [0.3, 0.4) is 0 Å². The average molecular weight is 279 g/mol. The van der Waals surface area contributed by atoms with E-state index in [2.05, 4.69) is 33.8 Å². The maximum Gasteiger partial charge on any atom is 0.264 e. The van der Waals surface area contributed by atoms with Crippen LogP contribution in [-0.2, 0) is 7.05 Å². The number of rotatable bonds is 5. The third kappa shape index (κ3) is 3.17. The highest BCUT2D eigenvalue weighted by Crippen LogP contribution is 2.23. The Kier molecular flexibility index (Phi) is 4.26. The molecule has 2 heterocycles. The number of nitrogens with zero attached hydrogens (tertiary/aromatic N) is 4. The average Bonchev–Trinajstić information content (AvgIpc) is 3.01. The van der Waals surface area contributed by atoms with Crippen LogP contribution in [0.1, 0.15) is 35.1 Å². The minimum atomic E-state index is -0.122. The molecule has 0 fully saturated rings. The Balaban J connectivity index is 2.03. The molecule has 0 aliphatic rings. The molecular formula is C12H17N5OS. The lowest BCUT2D eigenvalue weighted by Crippen LogP contribution is -2.30. The van der Waals surface area contributed by atoms with E-state index in [-0.39, 0.29) is 11.8 Å². The SMILES string of the molecule is CC(C)C(CNC(=O)c1cnns1)c1ccnn1C. The minimum absolute atomic E-state index is 0.122. The summed E-state index contributed by atoms with van der Waals surface area (Å²) >= 11 is 1.10. The normalized spacial score (nSPS) is 12.6. The number of nitrogens with one attached hydrogen (secondary N) is 1. The zero-order chi connectivity index (χ0) is 13.8. The van der Waals surface area contributed by atoms with Gasteiger partial charge in [-0.3, -0.25) is 9.48 Å². The Morgan fingerprint density at radius 2 is 2.32 bits per heavy atom. The van der Waals surface area contributed by atoms with Gasteiger partial charge in [-0.15, -0.1) is 5.10 Å². The first-order chi connectivity index (χ1) is 9.09. The molecule has 0 aliphatic carbocycles. The molecule has 19 heavy (non-hydrogen) atoms. The molecule has 102 valence electrons. The molecule has 1 N–H and O–H groups in total. The number of amides is 1. The Hall–Kier alpha value is -1.76. The summed E-state index contributed by atoms with van der Waals surface area (Å²) in [4.78, 5) is 12.4. The number of carbonyl (C=O) groups is 1. The van der Waals surface area contributed by atoms with Gasteiger partial charge in [-0.25, -0.2) is 0 Å². The van der Waals surface area contributed by atoms with Crippen LogP contribution in [0.15, 0.2) is 18.5 Å². The van der Waals surface area contributed by atoms with Gasteiger partial charge in [-0.1, -0.05) is 18.3 Å². The van der Waals surface area contributed by atoms with Crippen LogP contribution in [0.2, 0.25) is 0 Å². The van der Waals surface area contributed by atoms with Crippen molar-refractivity contribution in [1.29, 1.82) is 0 Å². The van der Waals surface area contributed by atoms with E-state index in [1.54, 1.807) is 6.20 Å². The van der Waals surface area contributed by atoms with Crippen LogP contribution >= 0.6 is 11.5 Å². The van der Waals surface area contributed by atoms with Crippen molar-refractivity contribution in [3.63, 3.8) is 0 Å². The van der Waals surface area contributed by atoms with Gasteiger partial charge < -0.3 is 5.32 Å². The lowest BCUT2D eigenvalue weighted by Gasteiger charge is -2.21. The van der Waals surface area contributed by atoms with E-state index in [1.807, 2.05) is 17.8 Å². The Bertz CT molecular complexity index is 534. The van der Waals surface area contributed by atoms with Crippen LogP contribution in [0.25, 0.3) is 0 Å². The summed E-state index contributed by atoms with van der Waals surface area (Å²) in [6, 6.07) is 1.99. The second-order valence-corrected chi connectivity index (χ2v) is 5.51.